The van der Waals surface area contributed by atoms with E-state index in [1.165, 1.54) is 0 Å². The second-order valence-corrected chi connectivity index (χ2v) is 7.93. The Bertz CT molecular complexity index is 975. The number of benzene rings is 2. The van der Waals surface area contributed by atoms with Crippen molar-refractivity contribution in [2.45, 2.75) is 19.8 Å². The molecule has 0 atom stereocenters. The molecule has 1 aliphatic rings. The summed E-state index contributed by atoms with van der Waals surface area (Å²) in [6.07, 6.45) is 3.40. The first-order valence-electron chi connectivity index (χ1n) is 9.50. The molecule has 0 saturated carbocycles. The molecule has 0 bridgehead atoms. The summed E-state index contributed by atoms with van der Waals surface area (Å²) in [7, 11) is 0. The van der Waals surface area contributed by atoms with Gasteiger partial charge >= 0.3 is 5.97 Å². The van der Waals surface area contributed by atoms with Crippen LogP contribution in [0.3, 0.4) is 0 Å². The molecule has 30 heavy (non-hydrogen) atoms. The lowest BCUT2D eigenvalue weighted by atomic mass is 10.2. The first-order valence-corrected chi connectivity index (χ1v) is 10.7. The maximum atomic E-state index is 12.6. The van der Waals surface area contributed by atoms with E-state index in [4.69, 9.17) is 16.3 Å². The number of amides is 2. The molecule has 156 valence electrons. The van der Waals surface area contributed by atoms with Crippen molar-refractivity contribution in [3.8, 4) is 0 Å². The lowest BCUT2D eigenvalue weighted by Gasteiger charge is -2.14. The molecule has 3 rings (SSSR count). The summed E-state index contributed by atoms with van der Waals surface area (Å²) < 4.78 is 5.17. The molecule has 1 saturated heterocycles. The molecule has 2 aromatic carbocycles. The average molecular weight is 445 g/mol. The number of imide groups is 1. The van der Waals surface area contributed by atoms with E-state index in [1.54, 1.807) is 48.5 Å². The number of rotatable bonds is 8. The van der Waals surface area contributed by atoms with Crippen LogP contribution in [-0.4, -0.2) is 35.3 Å². The molecule has 2 aromatic rings. The highest BCUT2D eigenvalue weighted by atomic mass is 35.5. The summed E-state index contributed by atoms with van der Waals surface area (Å²) in [6, 6.07) is 13.8. The minimum Gasteiger partial charge on any atom is -0.462 e. The third kappa shape index (κ3) is 5.43. The lowest BCUT2D eigenvalue weighted by molar-refractivity contribution is -0.122. The molecule has 2 amide bonds. The number of nitrogens with one attached hydrogen (secondary N) is 1. The highest BCUT2D eigenvalue weighted by Crippen LogP contribution is 2.33. The fraction of sp³-hybridized carbons (Fsp3) is 0.227. The Kier molecular flexibility index (Phi) is 7.54. The molecule has 1 aliphatic heterocycles. The lowest BCUT2D eigenvalue weighted by Crippen LogP contribution is -2.33. The van der Waals surface area contributed by atoms with Gasteiger partial charge in [-0.1, -0.05) is 43.1 Å². The summed E-state index contributed by atoms with van der Waals surface area (Å²) in [5.41, 5.74) is 1.80. The number of nitrogens with zero attached hydrogens (tertiary/aromatic N) is 1. The van der Waals surface area contributed by atoms with Crippen molar-refractivity contribution >= 4 is 52.2 Å². The third-order valence-electron chi connectivity index (χ3n) is 4.36. The smallest absolute Gasteiger partial charge is 0.338 e. The van der Waals surface area contributed by atoms with Gasteiger partial charge in [0.05, 0.1) is 23.7 Å². The fourth-order valence-electron chi connectivity index (χ4n) is 2.66. The number of hydrogen-bond acceptors (Lipinski definition) is 6. The summed E-state index contributed by atoms with van der Waals surface area (Å²) in [6.45, 7) is 2.44. The number of hydrogen-bond donors (Lipinski definition) is 1. The van der Waals surface area contributed by atoms with Crippen molar-refractivity contribution in [2.24, 2.45) is 0 Å². The van der Waals surface area contributed by atoms with Gasteiger partial charge in [-0.15, -0.1) is 0 Å². The molecule has 0 aromatic heterocycles. The normalized spacial score (nSPS) is 15.0. The van der Waals surface area contributed by atoms with Crippen LogP contribution in [0.1, 0.15) is 35.7 Å². The summed E-state index contributed by atoms with van der Waals surface area (Å²) in [5, 5.41) is 3.18. The number of thioether (sulfide) groups is 1. The van der Waals surface area contributed by atoms with E-state index in [0.717, 1.165) is 29.5 Å². The second kappa shape index (κ2) is 10.3. The van der Waals surface area contributed by atoms with Crippen LogP contribution in [0.5, 0.6) is 0 Å². The fourth-order valence-corrected chi connectivity index (χ4v) is 3.68. The Morgan fingerprint density at radius 1 is 1.17 bits per heavy atom. The highest BCUT2D eigenvalue weighted by molar-refractivity contribution is 8.18. The monoisotopic (exact) mass is 444 g/mol. The van der Waals surface area contributed by atoms with Gasteiger partial charge in [0.2, 0.25) is 0 Å². The number of halogens is 1. The quantitative estimate of drug-likeness (QED) is 0.333. The summed E-state index contributed by atoms with van der Waals surface area (Å²) in [5.74, 6) is -0.751. The van der Waals surface area contributed by atoms with E-state index in [2.05, 4.69) is 5.32 Å². The van der Waals surface area contributed by atoms with Gasteiger partial charge in [-0.05, 0) is 60.2 Å². The highest BCUT2D eigenvalue weighted by Gasteiger charge is 2.34. The Labute approximate surface area is 184 Å². The first-order chi connectivity index (χ1) is 14.5. The van der Waals surface area contributed by atoms with Gasteiger partial charge in [-0.3, -0.25) is 14.5 Å². The zero-order valence-corrected chi connectivity index (χ0v) is 18.0. The van der Waals surface area contributed by atoms with E-state index >= 15 is 0 Å². The van der Waals surface area contributed by atoms with Crippen LogP contribution < -0.4 is 5.32 Å². The Balaban J connectivity index is 1.59. The number of carbonyl (C=O) groups is 3. The Hall–Kier alpha value is -2.77. The first kappa shape index (κ1) is 21.9. The molecule has 6 nitrogen and oxygen atoms in total. The SMILES string of the molecule is CCCCOC(=O)c1ccc(NCN2C(=O)SC(=Cc3ccccc3Cl)C2=O)cc1. The number of anilines is 1. The third-order valence-corrected chi connectivity index (χ3v) is 5.61. The van der Waals surface area contributed by atoms with Crippen molar-refractivity contribution in [1.82, 2.24) is 4.90 Å². The average Bonchev–Trinajstić information content (AvgIpc) is 3.01. The van der Waals surface area contributed by atoms with E-state index in [0.29, 0.717) is 33.3 Å². The maximum absolute atomic E-state index is 12.6. The van der Waals surface area contributed by atoms with Crippen LogP contribution in [-0.2, 0) is 9.53 Å². The summed E-state index contributed by atoms with van der Waals surface area (Å²) in [4.78, 5) is 38.2. The second-order valence-electron chi connectivity index (χ2n) is 6.53. The van der Waals surface area contributed by atoms with Gasteiger partial charge in [0.15, 0.2) is 0 Å². The standard InChI is InChI=1S/C22H21ClN2O4S/c1-2-3-12-29-21(27)15-8-10-17(11-9-15)24-14-25-20(26)19(30-22(25)28)13-16-6-4-5-7-18(16)23/h4-11,13,24H,2-3,12,14H2,1H3. The number of ether oxygens (including phenoxy) is 1. The van der Waals surface area contributed by atoms with E-state index in [1.807, 2.05) is 13.0 Å². The minimum absolute atomic E-state index is 0.0187. The van der Waals surface area contributed by atoms with Crippen LogP contribution in [0.4, 0.5) is 10.5 Å². The van der Waals surface area contributed by atoms with Crippen LogP contribution in [0.15, 0.2) is 53.4 Å². The van der Waals surface area contributed by atoms with Crippen molar-refractivity contribution in [2.75, 3.05) is 18.6 Å². The van der Waals surface area contributed by atoms with Gasteiger partial charge in [-0.2, -0.15) is 0 Å². The topological polar surface area (TPSA) is 75.7 Å². The van der Waals surface area contributed by atoms with Crippen molar-refractivity contribution in [1.29, 1.82) is 0 Å². The molecule has 0 spiro atoms. The maximum Gasteiger partial charge on any atom is 0.338 e. The molecular formula is C22H21ClN2O4S. The molecule has 0 unspecified atom stereocenters. The van der Waals surface area contributed by atoms with Crippen molar-refractivity contribution < 1.29 is 19.1 Å². The van der Waals surface area contributed by atoms with Crippen molar-refractivity contribution in [3.05, 3.63) is 69.6 Å². The zero-order chi connectivity index (χ0) is 21.5. The van der Waals surface area contributed by atoms with E-state index < -0.39 is 0 Å². The predicted molar refractivity (Wildman–Crippen MR) is 119 cm³/mol. The Morgan fingerprint density at radius 3 is 2.60 bits per heavy atom. The number of unbranched alkanes of at least 4 members (excludes halogenated alkanes) is 1. The Morgan fingerprint density at radius 2 is 1.90 bits per heavy atom. The molecular weight excluding hydrogens is 424 g/mol. The van der Waals surface area contributed by atoms with Crippen LogP contribution in [0.2, 0.25) is 5.02 Å². The van der Waals surface area contributed by atoms with Crippen LogP contribution in [0.25, 0.3) is 6.08 Å². The van der Waals surface area contributed by atoms with Gasteiger partial charge in [0, 0.05) is 10.7 Å². The van der Waals surface area contributed by atoms with E-state index in [9.17, 15) is 14.4 Å². The molecule has 1 heterocycles. The number of carbonyl (C=O) groups excluding carboxylic acids is 3. The van der Waals surface area contributed by atoms with Crippen LogP contribution >= 0.6 is 23.4 Å². The number of esters is 1. The molecule has 1 N–H and O–H groups in total. The van der Waals surface area contributed by atoms with Gasteiger partial charge in [0.25, 0.3) is 11.1 Å². The van der Waals surface area contributed by atoms with Gasteiger partial charge in [0.1, 0.15) is 0 Å². The minimum atomic E-state index is -0.381. The molecule has 0 aliphatic carbocycles. The van der Waals surface area contributed by atoms with Crippen LogP contribution in [0, 0.1) is 0 Å². The van der Waals surface area contributed by atoms with E-state index in [-0.39, 0.29) is 23.8 Å². The zero-order valence-electron chi connectivity index (χ0n) is 16.4. The van der Waals surface area contributed by atoms with Gasteiger partial charge in [-0.25, -0.2) is 4.79 Å². The molecule has 8 heteroatoms. The predicted octanol–water partition coefficient (Wildman–Crippen LogP) is 5.40. The van der Waals surface area contributed by atoms with Gasteiger partial charge < -0.3 is 10.1 Å². The molecule has 1 fully saturated rings. The van der Waals surface area contributed by atoms with Crippen molar-refractivity contribution in [3.63, 3.8) is 0 Å². The largest absolute Gasteiger partial charge is 0.462 e. The molecule has 0 radical (unpaired) electrons. The summed E-state index contributed by atoms with van der Waals surface area (Å²) >= 11 is 7.00.